The van der Waals surface area contributed by atoms with Gasteiger partial charge in [-0.3, -0.25) is 4.79 Å². The maximum atomic E-state index is 11.4. The van der Waals surface area contributed by atoms with Crippen LogP contribution in [-0.2, 0) is 6.54 Å². The summed E-state index contributed by atoms with van der Waals surface area (Å²) in [6, 6.07) is 0. The van der Waals surface area contributed by atoms with E-state index >= 15 is 0 Å². The smallest absolute Gasteiger partial charge is 0.162 e. The van der Waals surface area contributed by atoms with Gasteiger partial charge in [0.25, 0.3) is 0 Å². The van der Waals surface area contributed by atoms with Crippen molar-refractivity contribution >= 4 is 39.8 Å². The lowest BCUT2D eigenvalue weighted by atomic mass is 10.2. The van der Waals surface area contributed by atoms with E-state index in [0.29, 0.717) is 28.2 Å². The van der Waals surface area contributed by atoms with Crippen LogP contribution >= 0.6 is 22.9 Å². The summed E-state index contributed by atoms with van der Waals surface area (Å²) in [4.78, 5) is 19.9. The van der Waals surface area contributed by atoms with Crippen LogP contribution in [0.25, 0.3) is 11.0 Å². The summed E-state index contributed by atoms with van der Waals surface area (Å²) in [5.74, 6) is -0.105. The van der Waals surface area contributed by atoms with Gasteiger partial charge >= 0.3 is 0 Å². The van der Waals surface area contributed by atoms with Crippen LogP contribution in [0.2, 0.25) is 5.02 Å². The van der Waals surface area contributed by atoms with Crippen LogP contribution in [0.15, 0.2) is 24.0 Å². The third-order valence-corrected chi connectivity index (χ3v) is 3.92. The van der Waals surface area contributed by atoms with Crippen molar-refractivity contribution in [2.45, 2.75) is 13.5 Å². The van der Waals surface area contributed by atoms with E-state index in [0.717, 1.165) is 5.01 Å². The molecule has 0 spiro atoms. The Morgan fingerprint density at radius 2 is 2.26 bits per heavy atom. The zero-order valence-corrected chi connectivity index (χ0v) is 11.6. The normalized spacial score (nSPS) is 11.1. The number of carbonyl (C=O) groups excluding carboxylic acids is 1. The van der Waals surface area contributed by atoms with E-state index in [1.807, 2.05) is 5.38 Å². The maximum absolute atomic E-state index is 11.4. The Kier molecular flexibility index (Phi) is 3.04. The molecule has 0 saturated heterocycles. The first-order valence-electron chi connectivity index (χ1n) is 5.56. The molecule has 3 aromatic rings. The largest absolute Gasteiger partial charge is 0.294 e. The molecule has 0 N–H and O–H groups in total. The van der Waals surface area contributed by atoms with E-state index in [9.17, 15) is 4.79 Å². The summed E-state index contributed by atoms with van der Waals surface area (Å²) in [7, 11) is 0. The molecule has 0 aliphatic rings. The Bertz CT molecular complexity index is 751. The van der Waals surface area contributed by atoms with Crippen LogP contribution in [-0.4, -0.2) is 25.5 Å². The van der Waals surface area contributed by atoms with E-state index in [-0.39, 0.29) is 5.78 Å². The summed E-state index contributed by atoms with van der Waals surface area (Å²) in [6.07, 6.45) is 4.87. The predicted octanol–water partition coefficient (Wildman–Crippen LogP) is 2.79. The van der Waals surface area contributed by atoms with Crippen molar-refractivity contribution in [1.29, 1.82) is 0 Å². The third kappa shape index (κ3) is 2.13. The summed E-state index contributed by atoms with van der Waals surface area (Å²) >= 11 is 7.76. The molecule has 0 fully saturated rings. The molecule has 7 heteroatoms. The van der Waals surface area contributed by atoms with E-state index in [1.54, 1.807) is 28.4 Å². The highest BCUT2D eigenvalue weighted by Crippen LogP contribution is 2.26. The van der Waals surface area contributed by atoms with Gasteiger partial charge in [0.15, 0.2) is 11.4 Å². The number of carbonyl (C=O) groups is 1. The molecule has 0 radical (unpaired) electrons. The lowest BCUT2D eigenvalue weighted by Gasteiger charge is -2.02. The lowest BCUT2D eigenvalue weighted by Crippen LogP contribution is -2.03. The predicted molar refractivity (Wildman–Crippen MR) is 73.8 cm³/mol. The molecule has 3 heterocycles. The molecular formula is C12H9ClN4OS. The van der Waals surface area contributed by atoms with Gasteiger partial charge in [0.1, 0.15) is 5.01 Å². The Hall–Kier alpha value is -1.79. The van der Waals surface area contributed by atoms with Crippen LogP contribution < -0.4 is 0 Å². The van der Waals surface area contributed by atoms with E-state index in [1.165, 1.54) is 13.1 Å². The summed E-state index contributed by atoms with van der Waals surface area (Å²) in [5.41, 5.74) is 1.08. The summed E-state index contributed by atoms with van der Waals surface area (Å²) < 4.78 is 1.73. The van der Waals surface area contributed by atoms with Gasteiger partial charge in [-0.1, -0.05) is 11.6 Å². The molecule has 0 aromatic carbocycles. The monoisotopic (exact) mass is 292 g/mol. The first kappa shape index (κ1) is 12.3. The Morgan fingerprint density at radius 1 is 1.42 bits per heavy atom. The number of thiazole rings is 1. The fraction of sp³-hybridized carbons (Fsp3) is 0.167. The van der Waals surface area contributed by atoms with E-state index < -0.39 is 0 Å². The average Bonchev–Trinajstić information content (AvgIpc) is 3.00. The number of nitrogens with zero attached hydrogens (tertiary/aromatic N) is 4. The van der Waals surface area contributed by atoms with Gasteiger partial charge in [0.2, 0.25) is 0 Å². The Labute approximate surface area is 117 Å². The number of rotatable bonds is 3. The molecular weight excluding hydrogens is 284 g/mol. The van der Waals surface area contributed by atoms with Gasteiger partial charge < -0.3 is 0 Å². The maximum Gasteiger partial charge on any atom is 0.162 e. The van der Waals surface area contributed by atoms with Crippen LogP contribution in [0.5, 0.6) is 0 Å². The molecule has 0 atom stereocenters. The van der Waals surface area contributed by atoms with E-state index in [2.05, 4.69) is 15.1 Å². The molecule has 3 aromatic heterocycles. The van der Waals surface area contributed by atoms with Crippen LogP contribution in [0.1, 0.15) is 22.3 Å². The number of Topliss-reactive ketones (excluding diaryl/α,β-unsaturated/α-hetero) is 1. The van der Waals surface area contributed by atoms with Crippen molar-refractivity contribution in [3.05, 3.63) is 39.6 Å². The van der Waals surface area contributed by atoms with E-state index in [4.69, 9.17) is 11.6 Å². The van der Waals surface area contributed by atoms with Gasteiger partial charge in [-0.2, -0.15) is 5.10 Å². The Morgan fingerprint density at radius 3 is 2.95 bits per heavy atom. The van der Waals surface area contributed by atoms with Crippen LogP contribution in [0.3, 0.4) is 0 Å². The molecule has 3 rings (SSSR count). The van der Waals surface area contributed by atoms with Crippen molar-refractivity contribution in [2.75, 3.05) is 0 Å². The Balaban J connectivity index is 2.09. The third-order valence-electron chi connectivity index (χ3n) is 2.75. The van der Waals surface area contributed by atoms with Gasteiger partial charge in [0, 0.05) is 17.8 Å². The SMILES string of the molecule is CC(=O)c1cnc2c(cnn2Cc2nccs2)c1Cl. The standard InChI is InChI=1S/C12H9ClN4OS/c1-7(18)8-4-15-12-9(11(8)13)5-16-17(12)6-10-14-2-3-19-10/h2-5H,6H2,1H3. The number of halogens is 1. The van der Waals surface area contributed by atoms with Crippen molar-refractivity contribution in [3.63, 3.8) is 0 Å². The molecule has 5 nitrogen and oxygen atoms in total. The minimum Gasteiger partial charge on any atom is -0.294 e. The highest BCUT2D eigenvalue weighted by Gasteiger charge is 2.14. The fourth-order valence-corrected chi connectivity index (χ4v) is 2.73. The highest BCUT2D eigenvalue weighted by atomic mass is 35.5. The molecule has 0 amide bonds. The zero-order valence-electron chi connectivity index (χ0n) is 10.00. The molecule has 0 aliphatic carbocycles. The number of hydrogen-bond donors (Lipinski definition) is 0. The molecule has 0 unspecified atom stereocenters. The van der Waals surface area contributed by atoms with Gasteiger partial charge in [0.05, 0.1) is 28.7 Å². The molecule has 96 valence electrons. The topological polar surface area (TPSA) is 60.7 Å². The van der Waals surface area contributed by atoms with Gasteiger partial charge in [-0.25, -0.2) is 14.6 Å². The van der Waals surface area contributed by atoms with Crippen LogP contribution in [0, 0.1) is 0 Å². The number of ketones is 1. The number of pyridine rings is 1. The highest BCUT2D eigenvalue weighted by molar-refractivity contribution is 7.09. The number of hydrogen-bond acceptors (Lipinski definition) is 5. The second-order valence-electron chi connectivity index (χ2n) is 4.01. The number of aromatic nitrogens is 4. The summed E-state index contributed by atoms with van der Waals surface area (Å²) in [5, 5.41) is 8.20. The first-order chi connectivity index (χ1) is 9.16. The molecule has 0 saturated carbocycles. The van der Waals surface area contributed by atoms with Crippen molar-refractivity contribution in [2.24, 2.45) is 0 Å². The van der Waals surface area contributed by atoms with Crippen molar-refractivity contribution < 1.29 is 4.79 Å². The minimum atomic E-state index is -0.105. The fourth-order valence-electron chi connectivity index (χ4n) is 1.82. The first-order valence-corrected chi connectivity index (χ1v) is 6.82. The summed E-state index contributed by atoms with van der Waals surface area (Å²) in [6.45, 7) is 2.01. The van der Waals surface area contributed by atoms with Crippen molar-refractivity contribution in [1.82, 2.24) is 19.7 Å². The average molecular weight is 293 g/mol. The number of fused-ring (bicyclic) bond motifs is 1. The molecule has 0 aliphatic heterocycles. The minimum absolute atomic E-state index is 0.105. The van der Waals surface area contributed by atoms with Crippen LogP contribution in [0.4, 0.5) is 0 Å². The quantitative estimate of drug-likeness (QED) is 0.697. The zero-order chi connectivity index (χ0) is 13.4. The van der Waals surface area contributed by atoms with Gasteiger partial charge in [-0.15, -0.1) is 11.3 Å². The second-order valence-corrected chi connectivity index (χ2v) is 5.36. The van der Waals surface area contributed by atoms with Crippen molar-refractivity contribution in [3.8, 4) is 0 Å². The van der Waals surface area contributed by atoms with Gasteiger partial charge in [-0.05, 0) is 6.92 Å². The molecule has 19 heavy (non-hydrogen) atoms. The molecule has 0 bridgehead atoms. The lowest BCUT2D eigenvalue weighted by molar-refractivity contribution is 0.101. The second kappa shape index (κ2) is 4.71.